The topological polar surface area (TPSA) is 100 Å². The molecule has 43 heavy (non-hydrogen) atoms. The summed E-state index contributed by atoms with van der Waals surface area (Å²) in [6.07, 6.45) is 3.31. The van der Waals surface area contributed by atoms with Crippen molar-refractivity contribution in [2.45, 2.75) is 44.7 Å². The number of fused-ring (bicyclic) bond motifs is 1. The van der Waals surface area contributed by atoms with E-state index >= 15 is 0 Å². The summed E-state index contributed by atoms with van der Waals surface area (Å²) < 4.78 is 18.7. The number of allylic oxidation sites excluding steroid dienone is 1. The molecule has 0 fully saturated rings. The molecular formula is C32H29ClN2O6S2. The lowest BCUT2D eigenvalue weighted by Gasteiger charge is -2.24. The number of thiazole rings is 1. The van der Waals surface area contributed by atoms with E-state index in [-0.39, 0.29) is 18.3 Å². The second-order valence-corrected chi connectivity index (χ2v) is 12.2. The van der Waals surface area contributed by atoms with Crippen molar-refractivity contribution in [1.82, 2.24) is 4.57 Å². The third kappa shape index (κ3) is 6.27. The zero-order valence-corrected chi connectivity index (χ0v) is 26.6. The Morgan fingerprint density at radius 3 is 2.56 bits per heavy atom. The largest absolute Gasteiger partial charge is 0.463 e. The van der Waals surface area contributed by atoms with E-state index in [9.17, 15) is 14.4 Å². The molecule has 0 amide bonds. The molecule has 2 aromatic carbocycles. The van der Waals surface area contributed by atoms with Gasteiger partial charge < -0.3 is 13.9 Å². The number of esters is 2. The minimum atomic E-state index is -0.707. The van der Waals surface area contributed by atoms with Crippen LogP contribution in [-0.4, -0.2) is 35.5 Å². The van der Waals surface area contributed by atoms with Crippen LogP contribution in [0.25, 0.3) is 17.4 Å². The molecule has 5 rings (SSSR count). The van der Waals surface area contributed by atoms with Crippen LogP contribution in [0.3, 0.4) is 0 Å². The van der Waals surface area contributed by atoms with E-state index in [2.05, 4.69) is 4.99 Å². The maximum atomic E-state index is 13.9. The molecule has 0 unspecified atom stereocenters. The van der Waals surface area contributed by atoms with Crippen molar-refractivity contribution in [3.8, 4) is 11.3 Å². The first kappa shape index (κ1) is 30.6. The van der Waals surface area contributed by atoms with Gasteiger partial charge in [-0.3, -0.25) is 9.36 Å². The summed E-state index contributed by atoms with van der Waals surface area (Å²) in [5.41, 5.74) is 2.05. The number of thioether (sulfide) groups is 1. The number of hydrogen-bond donors (Lipinski definition) is 0. The molecular weight excluding hydrogens is 608 g/mol. The first-order valence-electron chi connectivity index (χ1n) is 13.6. The molecule has 0 spiro atoms. The Morgan fingerprint density at radius 2 is 1.88 bits per heavy atom. The number of furan rings is 1. The lowest BCUT2D eigenvalue weighted by atomic mass is 9.96. The van der Waals surface area contributed by atoms with Gasteiger partial charge in [-0.15, -0.1) is 11.8 Å². The molecule has 2 aromatic heterocycles. The monoisotopic (exact) mass is 636 g/mol. The van der Waals surface area contributed by atoms with Crippen LogP contribution in [-0.2, 0) is 14.3 Å². The Kier molecular flexibility index (Phi) is 9.10. The Hall–Kier alpha value is -3.86. The van der Waals surface area contributed by atoms with Gasteiger partial charge in [0.25, 0.3) is 5.56 Å². The molecule has 1 aliphatic rings. The van der Waals surface area contributed by atoms with Crippen LogP contribution < -0.4 is 14.9 Å². The second-order valence-electron chi connectivity index (χ2n) is 9.92. The summed E-state index contributed by atoms with van der Waals surface area (Å²) in [6, 6.07) is 15.3. The minimum Gasteiger partial charge on any atom is -0.463 e. The molecule has 0 N–H and O–H groups in total. The molecule has 1 aliphatic heterocycles. The van der Waals surface area contributed by atoms with E-state index in [1.807, 2.05) is 30.5 Å². The van der Waals surface area contributed by atoms with E-state index < -0.39 is 18.0 Å². The molecule has 0 saturated heterocycles. The van der Waals surface area contributed by atoms with Crippen molar-refractivity contribution in [2.75, 3.05) is 12.9 Å². The molecule has 4 aromatic rings. The van der Waals surface area contributed by atoms with E-state index in [0.717, 1.165) is 10.5 Å². The van der Waals surface area contributed by atoms with Gasteiger partial charge in [0.05, 0.1) is 40.1 Å². The number of aromatic nitrogens is 1. The van der Waals surface area contributed by atoms with Gasteiger partial charge in [0, 0.05) is 21.6 Å². The van der Waals surface area contributed by atoms with Gasteiger partial charge in [-0.25, -0.2) is 14.6 Å². The molecule has 0 radical (unpaired) electrons. The van der Waals surface area contributed by atoms with Crippen LogP contribution in [0.2, 0.25) is 5.02 Å². The van der Waals surface area contributed by atoms with E-state index in [0.29, 0.717) is 48.3 Å². The van der Waals surface area contributed by atoms with Crippen molar-refractivity contribution in [3.63, 3.8) is 0 Å². The Bertz CT molecular complexity index is 1920. The van der Waals surface area contributed by atoms with Gasteiger partial charge in [-0.05, 0) is 82.0 Å². The summed E-state index contributed by atoms with van der Waals surface area (Å²) >= 11 is 9.05. The van der Waals surface area contributed by atoms with Crippen LogP contribution in [0.5, 0.6) is 0 Å². The lowest BCUT2D eigenvalue weighted by molar-refractivity contribution is -0.139. The molecule has 222 valence electrons. The predicted octanol–water partition coefficient (Wildman–Crippen LogP) is 6.00. The van der Waals surface area contributed by atoms with Gasteiger partial charge in [0.15, 0.2) is 4.80 Å². The maximum Gasteiger partial charge on any atom is 0.339 e. The quantitative estimate of drug-likeness (QED) is 0.173. The number of hydrogen-bond acceptors (Lipinski definition) is 9. The molecule has 11 heteroatoms. The standard InChI is InChI=1S/C32H29ClN2O6S2/c1-6-39-31(38)27-18(4)34-32-35(28(27)19-7-11-22(42-5)12-8-19)29(36)26(43-32)16-21-10-14-25(41-21)24-15-20(33)9-13-23(24)30(37)40-17(2)3/h7-17,28H,6H2,1-5H3/b26-16+/t28-/m1/s1. The van der Waals surface area contributed by atoms with Gasteiger partial charge in [-0.1, -0.05) is 35.1 Å². The summed E-state index contributed by atoms with van der Waals surface area (Å²) in [5.74, 6) is -0.220. The highest BCUT2D eigenvalue weighted by Crippen LogP contribution is 2.32. The number of carbonyl (C=O) groups is 2. The number of rotatable bonds is 8. The Balaban J connectivity index is 1.60. The van der Waals surface area contributed by atoms with Crippen LogP contribution >= 0.6 is 34.7 Å². The van der Waals surface area contributed by atoms with Crippen molar-refractivity contribution in [1.29, 1.82) is 0 Å². The average molecular weight is 637 g/mol. The van der Waals surface area contributed by atoms with Crippen molar-refractivity contribution in [3.05, 3.63) is 107 Å². The molecule has 8 nitrogen and oxygen atoms in total. The van der Waals surface area contributed by atoms with Crippen molar-refractivity contribution in [2.24, 2.45) is 4.99 Å². The minimum absolute atomic E-state index is 0.197. The highest BCUT2D eigenvalue weighted by molar-refractivity contribution is 7.98. The predicted molar refractivity (Wildman–Crippen MR) is 168 cm³/mol. The molecule has 3 heterocycles. The Morgan fingerprint density at radius 1 is 1.14 bits per heavy atom. The first-order valence-corrected chi connectivity index (χ1v) is 16.0. The average Bonchev–Trinajstić information content (AvgIpc) is 3.56. The van der Waals surface area contributed by atoms with Gasteiger partial charge in [-0.2, -0.15) is 0 Å². The van der Waals surface area contributed by atoms with Crippen LogP contribution in [0.1, 0.15) is 55.4 Å². The molecule has 0 saturated carbocycles. The molecule has 1 atom stereocenters. The van der Waals surface area contributed by atoms with Crippen LogP contribution in [0.15, 0.2) is 85.0 Å². The normalized spacial score (nSPS) is 15.0. The highest BCUT2D eigenvalue weighted by atomic mass is 35.5. The van der Waals surface area contributed by atoms with Crippen molar-refractivity contribution < 1.29 is 23.5 Å². The maximum absolute atomic E-state index is 13.9. The van der Waals surface area contributed by atoms with Crippen LogP contribution in [0.4, 0.5) is 0 Å². The number of halogens is 1. The first-order chi connectivity index (χ1) is 20.6. The molecule has 0 bridgehead atoms. The van der Waals surface area contributed by atoms with Crippen molar-refractivity contribution >= 4 is 52.7 Å². The summed E-state index contributed by atoms with van der Waals surface area (Å²) in [7, 11) is 0. The molecule has 0 aliphatic carbocycles. The van der Waals surface area contributed by atoms with Gasteiger partial charge in [0.2, 0.25) is 0 Å². The van der Waals surface area contributed by atoms with E-state index in [1.54, 1.807) is 75.9 Å². The third-order valence-corrected chi connectivity index (χ3v) is 8.62. The lowest BCUT2D eigenvalue weighted by Crippen LogP contribution is -2.39. The SMILES string of the molecule is CCOC(=O)C1=C(C)N=c2s/c(=C/c3ccc(-c4cc(Cl)ccc4C(=O)OC(C)C)o3)c(=O)n2[C@@H]1c1ccc(SC)cc1. The Labute approximate surface area is 261 Å². The zero-order valence-electron chi connectivity index (χ0n) is 24.2. The highest BCUT2D eigenvalue weighted by Gasteiger charge is 2.33. The second kappa shape index (κ2) is 12.8. The number of nitrogens with zero attached hydrogens (tertiary/aromatic N) is 2. The summed E-state index contributed by atoms with van der Waals surface area (Å²) in [5, 5.41) is 0.431. The van der Waals surface area contributed by atoms with Gasteiger partial charge in [0.1, 0.15) is 11.5 Å². The number of carbonyl (C=O) groups excluding carboxylic acids is 2. The number of benzene rings is 2. The fourth-order valence-electron chi connectivity index (χ4n) is 4.77. The zero-order chi connectivity index (χ0) is 30.8. The van der Waals surface area contributed by atoms with E-state index in [4.69, 9.17) is 25.5 Å². The van der Waals surface area contributed by atoms with Crippen LogP contribution in [0, 0.1) is 0 Å². The smallest absolute Gasteiger partial charge is 0.339 e. The fourth-order valence-corrected chi connectivity index (χ4v) is 6.38. The fraction of sp³-hybridized carbons (Fsp3) is 0.250. The third-order valence-electron chi connectivity index (χ3n) is 6.66. The van der Waals surface area contributed by atoms with Gasteiger partial charge >= 0.3 is 11.9 Å². The summed E-state index contributed by atoms with van der Waals surface area (Å²) in [6.45, 7) is 7.23. The number of ether oxygens (including phenoxy) is 2. The summed E-state index contributed by atoms with van der Waals surface area (Å²) in [4.78, 5) is 45.9. The van der Waals surface area contributed by atoms with E-state index in [1.165, 1.54) is 15.9 Å².